The number of fused-ring (bicyclic) bond motifs is 1. The molecule has 0 spiro atoms. The first-order valence-corrected chi connectivity index (χ1v) is 8.28. The van der Waals surface area contributed by atoms with Crippen molar-refractivity contribution in [3.8, 4) is 5.75 Å². The molecule has 0 saturated heterocycles. The van der Waals surface area contributed by atoms with Gasteiger partial charge < -0.3 is 10.1 Å². The summed E-state index contributed by atoms with van der Waals surface area (Å²) in [6, 6.07) is 13.9. The number of halogens is 1. The van der Waals surface area contributed by atoms with Crippen LogP contribution in [-0.4, -0.2) is 12.5 Å². The van der Waals surface area contributed by atoms with Crippen molar-refractivity contribution in [1.29, 1.82) is 0 Å². The molecule has 3 nitrogen and oxygen atoms in total. The minimum atomic E-state index is -0.130. The van der Waals surface area contributed by atoms with Gasteiger partial charge in [-0.2, -0.15) is 0 Å². The molecule has 0 bridgehead atoms. The van der Waals surface area contributed by atoms with Gasteiger partial charge >= 0.3 is 0 Å². The third kappa shape index (κ3) is 3.17. The summed E-state index contributed by atoms with van der Waals surface area (Å²) in [5, 5.41) is 2.95. The van der Waals surface area contributed by atoms with Crippen molar-refractivity contribution in [1.82, 2.24) is 0 Å². The molecule has 0 radical (unpaired) electrons. The van der Waals surface area contributed by atoms with E-state index in [4.69, 9.17) is 4.74 Å². The highest BCUT2D eigenvalue weighted by Gasteiger charge is 2.30. The zero-order chi connectivity index (χ0) is 15.5. The monoisotopic (exact) mass is 359 g/mol. The molecule has 1 aliphatic rings. The van der Waals surface area contributed by atoms with Crippen molar-refractivity contribution in [3.05, 3.63) is 58.1 Å². The predicted octanol–water partition coefficient (Wildman–Crippen LogP) is 4.52. The van der Waals surface area contributed by atoms with Crippen molar-refractivity contribution in [3.63, 3.8) is 0 Å². The Kier molecular flexibility index (Phi) is 4.48. The summed E-state index contributed by atoms with van der Waals surface area (Å²) >= 11 is 3.48. The molecule has 114 valence electrons. The molecule has 2 aromatic carbocycles. The molecule has 2 aromatic rings. The topological polar surface area (TPSA) is 38.3 Å². The number of carbonyl (C=O) groups excluding carboxylic acids is 1. The highest BCUT2D eigenvalue weighted by Crippen LogP contribution is 2.36. The van der Waals surface area contributed by atoms with Crippen LogP contribution < -0.4 is 10.1 Å². The summed E-state index contributed by atoms with van der Waals surface area (Å²) in [5.74, 6) is 0.818. The van der Waals surface area contributed by atoms with Crippen LogP contribution in [0, 0.1) is 0 Å². The molecule has 0 saturated carbocycles. The summed E-state index contributed by atoms with van der Waals surface area (Å²) in [5.41, 5.74) is 3.11. The van der Waals surface area contributed by atoms with Crippen molar-refractivity contribution >= 4 is 27.5 Å². The zero-order valence-electron chi connectivity index (χ0n) is 12.4. The van der Waals surface area contributed by atoms with Crippen LogP contribution in [-0.2, 0) is 11.2 Å². The first-order valence-electron chi connectivity index (χ1n) is 7.49. The summed E-state index contributed by atoms with van der Waals surface area (Å²) in [4.78, 5) is 12.2. The average molecular weight is 360 g/mol. The highest BCUT2D eigenvalue weighted by molar-refractivity contribution is 9.10. The summed E-state index contributed by atoms with van der Waals surface area (Å²) < 4.78 is 6.58. The minimum Gasteiger partial charge on any atom is -0.494 e. The van der Waals surface area contributed by atoms with Crippen LogP contribution in [0.4, 0.5) is 5.69 Å². The van der Waals surface area contributed by atoms with Crippen molar-refractivity contribution < 1.29 is 9.53 Å². The number of nitrogens with one attached hydrogen (secondary N) is 1. The van der Waals surface area contributed by atoms with Crippen LogP contribution in [0.15, 0.2) is 46.9 Å². The van der Waals surface area contributed by atoms with E-state index in [1.54, 1.807) is 0 Å². The van der Waals surface area contributed by atoms with E-state index in [9.17, 15) is 4.79 Å². The molecular formula is C18H18BrNO2. The maximum atomic E-state index is 12.2. The Morgan fingerprint density at radius 3 is 2.68 bits per heavy atom. The Labute approximate surface area is 138 Å². The van der Waals surface area contributed by atoms with Gasteiger partial charge in [0.15, 0.2) is 0 Å². The van der Waals surface area contributed by atoms with Gasteiger partial charge in [-0.3, -0.25) is 4.79 Å². The Morgan fingerprint density at radius 2 is 1.95 bits per heavy atom. The number of amides is 1. The molecule has 1 atom stereocenters. The van der Waals surface area contributed by atoms with Crippen molar-refractivity contribution in [2.24, 2.45) is 0 Å². The SMILES string of the molecule is CCCOc1ccc(C[C@@H]2C(=O)Nc3ccc(Br)cc32)cc1. The number of rotatable bonds is 5. The maximum absolute atomic E-state index is 12.2. The Bertz CT molecular complexity index is 682. The van der Waals surface area contributed by atoms with E-state index in [0.29, 0.717) is 6.42 Å². The van der Waals surface area contributed by atoms with Gasteiger partial charge in [0.2, 0.25) is 5.91 Å². The zero-order valence-corrected chi connectivity index (χ0v) is 14.0. The Balaban J connectivity index is 1.76. The normalized spacial score (nSPS) is 16.3. The molecule has 22 heavy (non-hydrogen) atoms. The van der Waals surface area contributed by atoms with Gasteiger partial charge in [0.25, 0.3) is 0 Å². The van der Waals surface area contributed by atoms with Gasteiger partial charge in [-0.05, 0) is 54.3 Å². The van der Waals surface area contributed by atoms with Gasteiger partial charge in [-0.25, -0.2) is 0 Å². The van der Waals surface area contributed by atoms with Gasteiger partial charge in [0, 0.05) is 10.2 Å². The number of hydrogen-bond acceptors (Lipinski definition) is 2. The van der Waals surface area contributed by atoms with Crippen LogP contribution in [0.25, 0.3) is 0 Å². The number of anilines is 1. The van der Waals surface area contributed by atoms with Crippen LogP contribution in [0.2, 0.25) is 0 Å². The van der Waals surface area contributed by atoms with Crippen molar-refractivity contribution in [2.75, 3.05) is 11.9 Å². The average Bonchev–Trinajstić information content (AvgIpc) is 2.82. The fraction of sp³-hybridized carbons (Fsp3) is 0.278. The second-order valence-electron chi connectivity index (χ2n) is 5.47. The molecule has 0 aromatic heterocycles. The quantitative estimate of drug-likeness (QED) is 0.852. The standard InChI is InChI=1S/C18H18BrNO2/c1-2-9-22-14-6-3-12(4-7-14)10-16-15-11-13(19)5-8-17(15)20-18(16)21/h3-8,11,16H,2,9-10H2,1H3,(H,20,21)/t16-/m0/s1. The Hall–Kier alpha value is -1.81. The van der Waals surface area contributed by atoms with Gasteiger partial charge in [0.05, 0.1) is 12.5 Å². The molecule has 1 N–H and O–H groups in total. The first-order chi connectivity index (χ1) is 10.7. The molecule has 0 fully saturated rings. The molecular weight excluding hydrogens is 342 g/mol. The van der Waals surface area contributed by atoms with E-state index >= 15 is 0 Å². The highest BCUT2D eigenvalue weighted by atomic mass is 79.9. The third-order valence-electron chi connectivity index (χ3n) is 3.80. The molecule has 1 aliphatic heterocycles. The largest absolute Gasteiger partial charge is 0.494 e. The third-order valence-corrected chi connectivity index (χ3v) is 4.29. The number of ether oxygens (including phenoxy) is 1. The van der Waals surface area contributed by atoms with E-state index in [1.165, 1.54) is 0 Å². The van der Waals surface area contributed by atoms with Gasteiger partial charge in [-0.15, -0.1) is 0 Å². The van der Waals surface area contributed by atoms with E-state index in [-0.39, 0.29) is 11.8 Å². The molecule has 0 unspecified atom stereocenters. The molecule has 1 heterocycles. The van der Waals surface area contributed by atoms with Crippen molar-refractivity contribution in [2.45, 2.75) is 25.7 Å². The predicted molar refractivity (Wildman–Crippen MR) is 91.4 cm³/mol. The van der Waals surface area contributed by atoms with E-state index < -0.39 is 0 Å². The number of benzene rings is 2. The lowest BCUT2D eigenvalue weighted by molar-refractivity contribution is -0.117. The number of hydrogen-bond donors (Lipinski definition) is 1. The van der Waals surface area contributed by atoms with E-state index in [2.05, 4.69) is 28.2 Å². The lowest BCUT2D eigenvalue weighted by Gasteiger charge is -2.10. The second-order valence-corrected chi connectivity index (χ2v) is 6.39. The van der Waals surface area contributed by atoms with Gasteiger partial charge in [0.1, 0.15) is 5.75 Å². The lowest BCUT2D eigenvalue weighted by atomic mass is 9.93. The van der Waals surface area contributed by atoms with E-state index in [1.807, 2.05) is 42.5 Å². The molecule has 4 heteroatoms. The Morgan fingerprint density at radius 1 is 1.18 bits per heavy atom. The van der Waals surface area contributed by atoms with Crippen LogP contribution >= 0.6 is 15.9 Å². The van der Waals surface area contributed by atoms with Gasteiger partial charge in [-0.1, -0.05) is 35.0 Å². The minimum absolute atomic E-state index is 0.0689. The lowest BCUT2D eigenvalue weighted by Crippen LogP contribution is -2.14. The fourth-order valence-electron chi connectivity index (χ4n) is 2.68. The number of carbonyl (C=O) groups is 1. The molecule has 1 amide bonds. The molecule has 0 aliphatic carbocycles. The summed E-state index contributed by atoms with van der Waals surface area (Å²) in [6.07, 6.45) is 1.69. The summed E-state index contributed by atoms with van der Waals surface area (Å²) in [6.45, 7) is 2.81. The van der Waals surface area contributed by atoms with E-state index in [0.717, 1.165) is 40.1 Å². The summed E-state index contributed by atoms with van der Waals surface area (Å²) in [7, 11) is 0. The second kappa shape index (κ2) is 6.53. The fourth-order valence-corrected chi connectivity index (χ4v) is 3.06. The smallest absolute Gasteiger partial charge is 0.232 e. The first kappa shape index (κ1) is 15.1. The molecule has 3 rings (SSSR count). The van der Waals surface area contributed by atoms with Crippen LogP contribution in [0.5, 0.6) is 5.75 Å². The van der Waals surface area contributed by atoms with Crippen LogP contribution in [0.1, 0.15) is 30.4 Å². The van der Waals surface area contributed by atoms with Crippen LogP contribution in [0.3, 0.4) is 0 Å². The maximum Gasteiger partial charge on any atom is 0.232 e.